The van der Waals surface area contributed by atoms with Crippen LogP contribution in [0, 0.1) is 0 Å². The van der Waals surface area contributed by atoms with Crippen molar-refractivity contribution in [2.24, 2.45) is 0 Å². The molecule has 1 unspecified atom stereocenters. The molecular weight excluding hydrogens is 286 g/mol. The summed E-state index contributed by atoms with van der Waals surface area (Å²) in [5.41, 5.74) is 7.15. The maximum Gasteiger partial charge on any atom is 0.164 e. The molecule has 0 radical (unpaired) electrons. The van der Waals surface area contributed by atoms with E-state index in [9.17, 15) is 0 Å². The molecule has 120 valence electrons. The third-order valence-corrected chi connectivity index (χ3v) is 5.24. The summed E-state index contributed by atoms with van der Waals surface area (Å²) in [5, 5.41) is 3.62. The summed E-state index contributed by atoms with van der Waals surface area (Å²) in [4.78, 5) is 0. The van der Waals surface area contributed by atoms with Crippen LogP contribution in [-0.2, 0) is 19.3 Å². The van der Waals surface area contributed by atoms with Crippen molar-refractivity contribution in [2.45, 2.75) is 25.2 Å². The first kappa shape index (κ1) is 14.6. The number of methoxy groups -OCH3 is 2. The van der Waals surface area contributed by atoms with Crippen molar-refractivity contribution in [3.05, 3.63) is 58.1 Å². The fraction of sp³-hybridized carbons (Fsp3) is 0.400. The predicted molar refractivity (Wildman–Crippen MR) is 91.8 cm³/mol. The maximum absolute atomic E-state index is 5.76. The van der Waals surface area contributed by atoms with Gasteiger partial charge in [0, 0.05) is 18.0 Å². The molecule has 1 aliphatic carbocycles. The second kappa shape index (κ2) is 5.89. The lowest BCUT2D eigenvalue weighted by molar-refractivity contribution is 0.350. The minimum atomic E-state index is 0.404. The van der Waals surface area contributed by atoms with Crippen molar-refractivity contribution in [1.29, 1.82) is 0 Å². The molecule has 0 spiro atoms. The van der Waals surface area contributed by atoms with Crippen LogP contribution in [0.1, 0.15) is 33.7 Å². The SMILES string of the molecule is COc1cc2c3c(c1OC)CCc1ccccc1C3CNCC2. The standard InChI is InChI=1S/C20H23NO2/c1-22-18-11-14-9-10-21-12-17-15-6-4-3-5-13(15)7-8-16(19(14)17)20(18)23-2/h3-6,11,17,21H,7-10,12H2,1-2H3. The van der Waals surface area contributed by atoms with Gasteiger partial charge in [-0.2, -0.15) is 0 Å². The van der Waals surface area contributed by atoms with Crippen molar-refractivity contribution >= 4 is 0 Å². The Morgan fingerprint density at radius 1 is 1.00 bits per heavy atom. The van der Waals surface area contributed by atoms with Crippen LogP contribution in [-0.4, -0.2) is 27.3 Å². The Morgan fingerprint density at radius 2 is 1.87 bits per heavy atom. The molecule has 0 aromatic heterocycles. The average Bonchev–Trinajstić information content (AvgIpc) is 2.89. The van der Waals surface area contributed by atoms with Gasteiger partial charge in [-0.3, -0.25) is 0 Å². The highest BCUT2D eigenvalue weighted by Gasteiger charge is 2.31. The summed E-state index contributed by atoms with van der Waals surface area (Å²) in [6.07, 6.45) is 3.11. The summed E-state index contributed by atoms with van der Waals surface area (Å²) >= 11 is 0. The number of fused-ring (bicyclic) bond motifs is 2. The number of hydrogen-bond acceptors (Lipinski definition) is 3. The smallest absolute Gasteiger partial charge is 0.164 e. The van der Waals surface area contributed by atoms with Crippen LogP contribution in [0.5, 0.6) is 11.5 Å². The minimum absolute atomic E-state index is 0.404. The Kier molecular flexibility index (Phi) is 3.74. The fourth-order valence-corrected chi connectivity index (χ4v) is 4.23. The first-order chi connectivity index (χ1) is 11.3. The van der Waals surface area contributed by atoms with Gasteiger partial charge in [0.15, 0.2) is 11.5 Å². The largest absolute Gasteiger partial charge is 0.493 e. The second-order valence-electron chi connectivity index (χ2n) is 6.37. The first-order valence-electron chi connectivity index (χ1n) is 8.38. The van der Waals surface area contributed by atoms with Gasteiger partial charge in [-0.05, 0) is 54.1 Å². The van der Waals surface area contributed by atoms with E-state index in [1.165, 1.54) is 27.8 Å². The van der Waals surface area contributed by atoms with E-state index in [4.69, 9.17) is 9.47 Å². The highest BCUT2D eigenvalue weighted by atomic mass is 16.5. The van der Waals surface area contributed by atoms with Gasteiger partial charge in [-0.1, -0.05) is 24.3 Å². The Bertz CT molecular complexity index is 739. The highest BCUT2D eigenvalue weighted by Crippen LogP contribution is 2.44. The van der Waals surface area contributed by atoms with Crippen molar-refractivity contribution in [2.75, 3.05) is 27.3 Å². The molecule has 0 saturated heterocycles. The second-order valence-corrected chi connectivity index (χ2v) is 6.37. The monoisotopic (exact) mass is 309 g/mol. The minimum Gasteiger partial charge on any atom is -0.493 e. The number of benzene rings is 2. The van der Waals surface area contributed by atoms with Crippen LogP contribution < -0.4 is 14.8 Å². The van der Waals surface area contributed by atoms with Crippen molar-refractivity contribution in [3.63, 3.8) is 0 Å². The molecular formula is C20H23NO2. The predicted octanol–water partition coefficient (Wildman–Crippen LogP) is 3.08. The Balaban J connectivity index is 2.00. The van der Waals surface area contributed by atoms with Gasteiger partial charge < -0.3 is 14.8 Å². The molecule has 2 aromatic rings. The molecule has 1 atom stereocenters. The summed E-state index contributed by atoms with van der Waals surface area (Å²) in [7, 11) is 3.48. The molecule has 0 bridgehead atoms. The molecule has 0 saturated carbocycles. The van der Waals surface area contributed by atoms with E-state index in [2.05, 4.69) is 35.6 Å². The van der Waals surface area contributed by atoms with Gasteiger partial charge in [-0.25, -0.2) is 0 Å². The number of rotatable bonds is 2. The lowest BCUT2D eigenvalue weighted by Crippen LogP contribution is -2.21. The number of hydrogen-bond donors (Lipinski definition) is 1. The quantitative estimate of drug-likeness (QED) is 0.925. The molecule has 3 nitrogen and oxygen atoms in total. The summed E-state index contributed by atoms with van der Waals surface area (Å²) in [6.45, 7) is 2.01. The lowest BCUT2D eigenvalue weighted by Gasteiger charge is -2.23. The molecule has 3 heteroatoms. The van der Waals surface area contributed by atoms with Gasteiger partial charge >= 0.3 is 0 Å². The van der Waals surface area contributed by atoms with E-state index in [-0.39, 0.29) is 0 Å². The summed E-state index contributed by atoms with van der Waals surface area (Å²) in [5.74, 6) is 2.19. The third kappa shape index (κ3) is 2.31. The molecule has 0 fully saturated rings. The van der Waals surface area contributed by atoms with Gasteiger partial charge in [0.2, 0.25) is 0 Å². The summed E-state index contributed by atoms with van der Waals surface area (Å²) < 4.78 is 11.4. The molecule has 1 N–H and O–H groups in total. The van der Waals surface area contributed by atoms with E-state index < -0.39 is 0 Å². The Morgan fingerprint density at radius 3 is 2.70 bits per heavy atom. The van der Waals surface area contributed by atoms with Crippen molar-refractivity contribution in [1.82, 2.24) is 5.32 Å². The van der Waals surface area contributed by atoms with Gasteiger partial charge in [0.25, 0.3) is 0 Å². The molecule has 1 heterocycles. The molecule has 0 amide bonds. The Hall–Kier alpha value is -2.00. The van der Waals surface area contributed by atoms with E-state index in [0.717, 1.165) is 43.9 Å². The van der Waals surface area contributed by atoms with Crippen LogP contribution in [0.25, 0.3) is 0 Å². The van der Waals surface area contributed by atoms with Crippen LogP contribution in [0.3, 0.4) is 0 Å². The lowest BCUT2D eigenvalue weighted by atomic mass is 9.84. The third-order valence-electron chi connectivity index (χ3n) is 5.24. The number of nitrogens with one attached hydrogen (secondary N) is 1. The van der Waals surface area contributed by atoms with Crippen LogP contribution in [0.15, 0.2) is 30.3 Å². The van der Waals surface area contributed by atoms with Crippen LogP contribution in [0.4, 0.5) is 0 Å². The van der Waals surface area contributed by atoms with Crippen molar-refractivity contribution < 1.29 is 9.47 Å². The van der Waals surface area contributed by atoms with E-state index >= 15 is 0 Å². The maximum atomic E-state index is 5.76. The molecule has 2 aromatic carbocycles. The molecule has 4 rings (SSSR count). The molecule has 2 aliphatic rings. The number of ether oxygens (including phenoxy) is 2. The van der Waals surface area contributed by atoms with E-state index in [1.807, 2.05) is 0 Å². The van der Waals surface area contributed by atoms with Crippen LogP contribution in [0.2, 0.25) is 0 Å². The van der Waals surface area contributed by atoms with Crippen molar-refractivity contribution in [3.8, 4) is 11.5 Å². The van der Waals surface area contributed by atoms with Gasteiger partial charge in [0.1, 0.15) is 0 Å². The average molecular weight is 309 g/mol. The first-order valence-corrected chi connectivity index (χ1v) is 8.38. The van der Waals surface area contributed by atoms with Gasteiger partial charge in [-0.15, -0.1) is 0 Å². The van der Waals surface area contributed by atoms with Gasteiger partial charge in [0.05, 0.1) is 14.2 Å². The van der Waals surface area contributed by atoms with E-state index in [0.29, 0.717) is 5.92 Å². The van der Waals surface area contributed by atoms with E-state index in [1.54, 1.807) is 14.2 Å². The zero-order chi connectivity index (χ0) is 15.8. The molecule has 23 heavy (non-hydrogen) atoms. The topological polar surface area (TPSA) is 30.5 Å². The zero-order valence-corrected chi connectivity index (χ0v) is 13.8. The fourth-order valence-electron chi connectivity index (χ4n) is 4.23. The number of aryl methyl sites for hydroxylation is 1. The zero-order valence-electron chi connectivity index (χ0n) is 13.8. The Labute approximate surface area is 137 Å². The summed E-state index contributed by atoms with van der Waals surface area (Å²) in [6, 6.07) is 11.1. The van der Waals surface area contributed by atoms with Crippen LogP contribution >= 0.6 is 0 Å². The molecule has 1 aliphatic heterocycles. The normalized spacial score (nSPS) is 19.1. The highest BCUT2D eigenvalue weighted by molar-refractivity contribution is 5.60.